The summed E-state index contributed by atoms with van der Waals surface area (Å²) in [7, 11) is 0. The Hall–Kier alpha value is -0.370. The molecule has 0 heterocycles. The van der Waals surface area contributed by atoms with E-state index in [2.05, 4.69) is 6.92 Å². The Morgan fingerprint density at radius 1 is 1.27 bits per heavy atom. The van der Waals surface area contributed by atoms with Gasteiger partial charge in [0.25, 0.3) is 0 Å². The number of rotatable bonds is 5. The molecule has 3 aliphatic rings. The Morgan fingerprint density at radius 3 is 2.53 bits per heavy atom. The molecule has 3 saturated carbocycles. The van der Waals surface area contributed by atoms with Gasteiger partial charge in [0.1, 0.15) is 6.61 Å². The highest BCUT2D eigenvalue weighted by Crippen LogP contribution is 2.69. The predicted molar refractivity (Wildman–Crippen MR) is 57.4 cm³/mol. The van der Waals surface area contributed by atoms with Crippen LogP contribution in [0.5, 0.6) is 0 Å². The van der Waals surface area contributed by atoms with Gasteiger partial charge in [0.15, 0.2) is 5.78 Å². The van der Waals surface area contributed by atoms with E-state index < -0.39 is 0 Å². The molecule has 4 atom stereocenters. The van der Waals surface area contributed by atoms with Crippen LogP contribution in [0.15, 0.2) is 0 Å². The van der Waals surface area contributed by atoms with Crippen LogP contribution in [0.4, 0.5) is 0 Å². The lowest BCUT2D eigenvalue weighted by molar-refractivity contribution is -0.125. The second kappa shape index (κ2) is 3.58. The maximum Gasteiger partial charge on any atom is 0.162 e. The summed E-state index contributed by atoms with van der Waals surface area (Å²) in [5.41, 5.74) is 0. The molecule has 0 aromatic carbocycles. The van der Waals surface area contributed by atoms with Gasteiger partial charge in [-0.25, -0.2) is 0 Å². The van der Waals surface area contributed by atoms with Crippen LogP contribution in [0.1, 0.15) is 32.6 Å². The van der Waals surface area contributed by atoms with Gasteiger partial charge in [-0.05, 0) is 49.4 Å². The maximum absolute atomic E-state index is 11.9. The summed E-state index contributed by atoms with van der Waals surface area (Å²) in [5, 5.41) is 0. The first-order chi connectivity index (χ1) is 7.33. The van der Waals surface area contributed by atoms with Gasteiger partial charge in [0, 0.05) is 12.5 Å². The van der Waals surface area contributed by atoms with Crippen LogP contribution in [-0.4, -0.2) is 19.0 Å². The van der Waals surface area contributed by atoms with Crippen molar-refractivity contribution >= 4 is 5.78 Å². The van der Waals surface area contributed by atoms with E-state index in [-0.39, 0.29) is 0 Å². The summed E-state index contributed by atoms with van der Waals surface area (Å²) in [6.45, 7) is 3.20. The Labute approximate surface area is 91.4 Å². The van der Waals surface area contributed by atoms with E-state index in [0.29, 0.717) is 18.3 Å². The number of Topliss-reactive ketones (excluding diaryl/α,β-unsaturated/α-hetero) is 1. The fourth-order valence-electron chi connectivity index (χ4n) is 4.17. The van der Waals surface area contributed by atoms with Gasteiger partial charge in [0.2, 0.25) is 0 Å². The van der Waals surface area contributed by atoms with Crippen LogP contribution in [0, 0.1) is 29.6 Å². The molecule has 0 radical (unpaired) electrons. The van der Waals surface area contributed by atoms with Crippen molar-refractivity contribution in [1.29, 1.82) is 0 Å². The molecule has 2 bridgehead atoms. The molecule has 15 heavy (non-hydrogen) atoms. The van der Waals surface area contributed by atoms with Crippen molar-refractivity contribution in [1.82, 2.24) is 0 Å². The minimum Gasteiger partial charge on any atom is -0.374 e. The second-order valence-electron chi connectivity index (χ2n) is 5.53. The second-order valence-corrected chi connectivity index (χ2v) is 5.53. The predicted octanol–water partition coefficient (Wildman–Crippen LogP) is 2.27. The molecule has 0 aromatic rings. The van der Waals surface area contributed by atoms with E-state index in [1.165, 1.54) is 19.3 Å². The molecule has 0 aromatic heterocycles. The lowest BCUT2D eigenvalue weighted by Crippen LogP contribution is -2.16. The zero-order chi connectivity index (χ0) is 10.4. The minimum atomic E-state index is 0.380. The van der Waals surface area contributed by atoms with E-state index in [9.17, 15) is 4.79 Å². The fraction of sp³-hybridized carbons (Fsp3) is 0.923. The van der Waals surface area contributed by atoms with E-state index >= 15 is 0 Å². The molecule has 0 N–H and O–H groups in total. The maximum atomic E-state index is 11.9. The molecule has 3 aliphatic carbocycles. The molecule has 2 nitrogen and oxygen atoms in total. The van der Waals surface area contributed by atoms with Gasteiger partial charge in [-0.1, -0.05) is 6.92 Å². The van der Waals surface area contributed by atoms with Gasteiger partial charge in [0.05, 0.1) is 0 Å². The van der Waals surface area contributed by atoms with Gasteiger partial charge < -0.3 is 4.74 Å². The number of ketones is 1. The Balaban J connectivity index is 1.52. The average molecular weight is 208 g/mol. The highest BCUT2D eigenvalue weighted by molar-refractivity contribution is 5.86. The SMILES string of the molecule is CCCOCC(=O)C1C2C3CCC(C3)C12. The quantitative estimate of drug-likeness (QED) is 0.648. The smallest absolute Gasteiger partial charge is 0.162 e. The number of hydrogen-bond acceptors (Lipinski definition) is 2. The highest BCUT2D eigenvalue weighted by Gasteiger charge is 2.66. The van der Waals surface area contributed by atoms with Crippen molar-refractivity contribution in [2.45, 2.75) is 32.6 Å². The first-order valence-electron chi connectivity index (χ1n) is 6.43. The zero-order valence-electron chi connectivity index (χ0n) is 9.45. The third-order valence-electron chi connectivity index (χ3n) is 4.70. The van der Waals surface area contributed by atoms with Gasteiger partial charge in [-0.15, -0.1) is 0 Å². The zero-order valence-corrected chi connectivity index (χ0v) is 9.45. The molecule has 0 spiro atoms. The topological polar surface area (TPSA) is 26.3 Å². The summed E-state index contributed by atoms with van der Waals surface area (Å²) in [5.74, 6) is 4.17. The number of fused-ring (bicyclic) bond motifs is 5. The summed E-state index contributed by atoms with van der Waals surface area (Å²) >= 11 is 0. The normalized spacial score (nSPS) is 45.5. The molecule has 4 unspecified atom stereocenters. The van der Waals surface area contributed by atoms with Gasteiger partial charge in [-0.2, -0.15) is 0 Å². The number of ether oxygens (including phenoxy) is 1. The highest BCUT2D eigenvalue weighted by atomic mass is 16.5. The average Bonchev–Trinajstić information content (AvgIpc) is 2.68. The largest absolute Gasteiger partial charge is 0.374 e. The molecule has 3 fully saturated rings. The van der Waals surface area contributed by atoms with Crippen molar-refractivity contribution in [3.05, 3.63) is 0 Å². The van der Waals surface area contributed by atoms with Crippen molar-refractivity contribution < 1.29 is 9.53 Å². The van der Waals surface area contributed by atoms with Crippen molar-refractivity contribution in [3.8, 4) is 0 Å². The lowest BCUT2D eigenvalue weighted by Gasteiger charge is -2.07. The molecular weight excluding hydrogens is 188 g/mol. The summed E-state index contributed by atoms with van der Waals surface area (Å²) in [6.07, 6.45) is 5.22. The molecule has 0 saturated heterocycles. The van der Waals surface area contributed by atoms with Crippen LogP contribution in [0.25, 0.3) is 0 Å². The standard InChI is InChI=1S/C13H20O2/c1-2-5-15-7-10(14)13-11-8-3-4-9(6-8)12(11)13/h8-9,11-13H,2-7H2,1H3. The fourth-order valence-corrected chi connectivity index (χ4v) is 4.17. The Kier molecular flexibility index (Phi) is 2.35. The van der Waals surface area contributed by atoms with Crippen LogP contribution in [0.2, 0.25) is 0 Å². The van der Waals surface area contributed by atoms with E-state index in [1.54, 1.807) is 0 Å². The lowest BCUT2D eigenvalue weighted by atomic mass is 10.0. The van der Waals surface area contributed by atoms with Crippen molar-refractivity contribution in [2.24, 2.45) is 29.6 Å². The van der Waals surface area contributed by atoms with Crippen LogP contribution in [-0.2, 0) is 9.53 Å². The van der Waals surface area contributed by atoms with Crippen LogP contribution in [0.3, 0.4) is 0 Å². The van der Waals surface area contributed by atoms with Gasteiger partial charge in [-0.3, -0.25) is 4.79 Å². The molecule has 3 rings (SSSR count). The first kappa shape index (κ1) is 9.83. The summed E-state index contributed by atoms with van der Waals surface area (Å²) < 4.78 is 5.35. The number of hydrogen-bond donors (Lipinski definition) is 0. The van der Waals surface area contributed by atoms with Crippen molar-refractivity contribution in [3.63, 3.8) is 0 Å². The third-order valence-corrected chi connectivity index (χ3v) is 4.70. The van der Waals surface area contributed by atoms with Gasteiger partial charge >= 0.3 is 0 Å². The molecule has 0 aliphatic heterocycles. The molecular formula is C13H20O2. The summed E-state index contributed by atoms with van der Waals surface area (Å²) in [4.78, 5) is 11.9. The Bertz CT molecular complexity index is 258. The first-order valence-corrected chi connectivity index (χ1v) is 6.43. The van der Waals surface area contributed by atoms with Crippen LogP contribution >= 0.6 is 0 Å². The van der Waals surface area contributed by atoms with Crippen molar-refractivity contribution in [2.75, 3.05) is 13.2 Å². The Morgan fingerprint density at radius 2 is 1.93 bits per heavy atom. The molecule has 84 valence electrons. The summed E-state index contributed by atoms with van der Waals surface area (Å²) in [6, 6.07) is 0. The molecule has 0 amide bonds. The molecule has 2 heteroatoms. The third kappa shape index (κ3) is 1.45. The van der Waals surface area contributed by atoms with E-state index in [0.717, 1.165) is 36.7 Å². The van der Waals surface area contributed by atoms with Crippen LogP contribution < -0.4 is 0 Å². The number of carbonyl (C=O) groups excluding carboxylic acids is 1. The van der Waals surface area contributed by atoms with E-state index in [1.807, 2.05) is 0 Å². The monoisotopic (exact) mass is 208 g/mol. The van der Waals surface area contributed by atoms with E-state index in [4.69, 9.17) is 4.74 Å². The minimum absolute atomic E-state index is 0.380. The number of carbonyl (C=O) groups is 1.